The molecule has 0 aromatic rings. The van der Waals surface area contributed by atoms with Crippen molar-refractivity contribution in [2.45, 2.75) is 180 Å². The minimum atomic E-state index is -4.28. The number of phosphoric acid groups is 1. The van der Waals surface area contributed by atoms with Crippen LogP contribution in [0, 0.1) is 0 Å². The van der Waals surface area contributed by atoms with Crippen LogP contribution in [0.2, 0.25) is 0 Å². The van der Waals surface area contributed by atoms with Crippen molar-refractivity contribution in [3.63, 3.8) is 0 Å². The average Bonchev–Trinajstić information content (AvgIpc) is 3.15. The summed E-state index contributed by atoms with van der Waals surface area (Å²) >= 11 is 0. The molecule has 0 aliphatic rings. The highest BCUT2D eigenvalue weighted by Gasteiger charge is 2.25. The van der Waals surface area contributed by atoms with Crippen LogP contribution in [0.1, 0.15) is 174 Å². The van der Waals surface area contributed by atoms with E-state index in [1.807, 2.05) is 0 Å². The van der Waals surface area contributed by atoms with Gasteiger partial charge < -0.3 is 20.1 Å². The number of phosphoric ester groups is 1. The number of nitrogens with two attached hydrogens (primary N) is 1. The van der Waals surface area contributed by atoms with Crippen molar-refractivity contribution in [1.29, 1.82) is 0 Å². The van der Waals surface area contributed by atoms with Crippen LogP contribution in [0.4, 0.5) is 0 Å². The van der Waals surface area contributed by atoms with Gasteiger partial charge in [-0.15, -0.1) is 0 Å². The van der Waals surface area contributed by atoms with Crippen LogP contribution in [-0.4, -0.2) is 49.9 Å². The van der Waals surface area contributed by atoms with Gasteiger partial charge in [-0.05, 0) is 70.6 Å². The average molecular weight is 766 g/mol. The number of unbranched alkanes of at least 4 members (excludes halogenated alkanes) is 17. The Hall–Kier alpha value is -1.80. The van der Waals surface area contributed by atoms with Crippen LogP contribution in [0.15, 0.2) is 60.8 Å². The van der Waals surface area contributed by atoms with Crippen LogP contribution in [-0.2, 0) is 27.9 Å². The van der Waals surface area contributed by atoms with Crippen molar-refractivity contribution >= 4 is 13.8 Å². The second kappa shape index (κ2) is 41.4. The Morgan fingerprint density at radius 2 is 1.06 bits per heavy atom. The predicted octanol–water partition coefficient (Wildman–Crippen LogP) is 12.6. The molecule has 0 amide bonds. The number of allylic oxidation sites excluding steroid dienone is 10. The molecule has 2 atom stereocenters. The first-order chi connectivity index (χ1) is 25.9. The molecule has 53 heavy (non-hydrogen) atoms. The molecule has 0 aliphatic heterocycles. The van der Waals surface area contributed by atoms with Crippen LogP contribution in [0.5, 0.6) is 0 Å². The molecule has 0 radical (unpaired) electrons. The van der Waals surface area contributed by atoms with Gasteiger partial charge >= 0.3 is 13.8 Å². The molecule has 0 aliphatic carbocycles. The standard InChI is InChI=1S/C44H80NO7P/c1-3-5-7-9-11-13-15-16-17-18-19-20-21-22-23-24-25-26-27-28-30-32-34-36-39-49-41-43(42-51-53(47,48)50-40-38-45)52-44(46)37-35-33-31-29-14-12-10-8-6-4-2/h5,7-8,10-11,13,16-17,19-20,43H,3-4,6,9,12,14-15,18,21-42,45H2,1-2H3,(H,47,48)/b7-5-,10-8-,13-11-,17-16-,20-19-. The molecule has 0 rings (SSSR count). The van der Waals surface area contributed by atoms with Crippen molar-refractivity contribution in [2.75, 3.05) is 33.0 Å². The van der Waals surface area contributed by atoms with Gasteiger partial charge in [0.25, 0.3) is 0 Å². The maximum absolute atomic E-state index is 12.5. The second-order valence-electron chi connectivity index (χ2n) is 13.8. The number of esters is 1. The smallest absolute Gasteiger partial charge is 0.457 e. The molecule has 0 aromatic heterocycles. The molecule has 0 saturated carbocycles. The fraction of sp³-hybridized carbons (Fsp3) is 0.750. The van der Waals surface area contributed by atoms with Gasteiger partial charge in [-0.2, -0.15) is 0 Å². The minimum absolute atomic E-state index is 0.0964. The summed E-state index contributed by atoms with van der Waals surface area (Å²) in [5.74, 6) is -0.345. The third kappa shape index (κ3) is 41.2. The molecule has 0 saturated heterocycles. The highest BCUT2D eigenvalue weighted by atomic mass is 31.2. The molecular weight excluding hydrogens is 685 g/mol. The summed E-state index contributed by atoms with van der Waals surface area (Å²) in [5, 5.41) is 0. The molecular formula is C44H80NO7P. The molecule has 0 spiro atoms. The Labute approximate surface area is 325 Å². The van der Waals surface area contributed by atoms with E-state index in [1.165, 1.54) is 77.0 Å². The molecule has 9 heteroatoms. The lowest BCUT2D eigenvalue weighted by Crippen LogP contribution is -2.28. The minimum Gasteiger partial charge on any atom is -0.457 e. The first-order valence-corrected chi connectivity index (χ1v) is 22.8. The van der Waals surface area contributed by atoms with Gasteiger partial charge in [-0.3, -0.25) is 13.8 Å². The number of rotatable bonds is 40. The van der Waals surface area contributed by atoms with E-state index in [4.69, 9.17) is 24.3 Å². The Morgan fingerprint density at radius 3 is 1.60 bits per heavy atom. The lowest BCUT2D eigenvalue weighted by molar-refractivity contribution is -0.154. The molecule has 0 fully saturated rings. The molecule has 308 valence electrons. The lowest BCUT2D eigenvalue weighted by atomic mass is 10.1. The number of carbonyl (C=O) groups is 1. The molecule has 0 heterocycles. The van der Waals surface area contributed by atoms with E-state index < -0.39 is 13.9 Å². The Morgan fingerprint density at radius 1 is 0.585 bits per heavy atom. The van der Waals surface area contributed by atoms with Crippen LogP contribution in [0.3, 0.4) is 0 Å². The number of ether oxygens (including phenoxy) is 2. The summed E-state index contributed by atoms with van der Waals surface area (Å²) < 4.78 is 33.3. The third-order valence-electron chi connectivity index (χ3n) is 8.65. The molecule has 0 bridgehead atoms. The van der Waals surface area contributed by atoms with E-state index in [0.29, 0.717) is 13.0 Å². The van der Waals surface area contributed by atoms with E-state index in [9.17, 15) is 14.3 Å². The van der Waals surface area contributed by atoms with Crippen molar-refractivity contribution in [3.05, 3.63) is 60.8 Å². The zero-order valence-corrected chi connectivity index (χ0v) is 34.9. The Bertz CT molecular complexity index is 994. The zero-order chi connectivity index (χ0) is 38.8. The Balaban J connectivity index is 3.94. The molecule has 0 aromatic carbocycles. The fourth-order valence-corrected chi connectivity index (χ4v) is 6.34. The fourth-order valence-electron chi connectivity index (χ4n) is 5.58. The predicted molar refractivity (Wildman–Crippen MR) is 224 cm³/mol. The van der Waals surface area contributed by atoms with Gasteiger partial charge in [0.2, 0.25) is 0 Å². The number of hydrogen-bond acceptors (Lipinski definition) is 7. The van der Waals surface area contributed by atoms with Gasteiger partial charge in [0.15, 0.2) is 0 Å². The lowest BCUT2D eigenvalue weighted by Gasteiger charge is -2.20. The van der Waals surface area contributed by atoms with Crippen molar-refractivity contribution in [2.24, 2.45) is 5.73 Å². The summed E-state index contributed by atoms with van der Waals surface area (Å²) in [6.45, 7) is 4.72. The highest BCUT2D eigenvalue weighted by Crippen LogP contribution is 2.43. The molecule has 8 nitrogen and oxygen atoms in total. The number of hydrogen-bond donors (Lipinski definition) is 2. The summed E-state index contributed by atoms with van der Waals surface area (Å²) in [6.07, 6.45) is 49.6. The molecule has 2 unspecified atom stereocenters. The quantitative estimate of drug-likeness (QED) is 0.0274. The van der Waals surface area contributed by atoms with Crippen molar-refractivity contribution in [1.82, 2.24) is 0 Å². The van der Waals surface area contributed by atoms with E-state index in [2.05, 4.69) is 74.6 Å². The van der Waals surface area contributed by atoms with Gasteiger partial charge in [0.1, 0.15) is 6.10 Å². The van der Waals surface area contributed by atoms with Gasteiger partial charge in [-0.25, -0.2) is 4.57 Å². The highest BCUT2D eigenvalue weighted by molar-refractivity contribution is 7.47. The first-order valence-electron chi connectivity index (χ1n) is 21.3. The van der Waals surface area contributed by atoms with Crippen molar-refractivity contribution in [3.8, 4) is 0 Å². The van der Waals surface area contributed by atoms with E-state index >= 15 is 0 Å². The summed E-state index contributed by atoms with van der Waals surface area (Å²) in [6, 6.07) is 0. The molecule has 3 N–H and O–H groups in total. The van der Waals surface area contributed by atoms with E-state index in [0.717, 1.165) is 77.0 Å². The SMILES string of the molecule is CC/C=C\C/C=C\C/C=C\C/C=C\CCCCCCCCCCCCCOCC(COP(=O)(O)OCCN)OC(=O)CCCCCCC/C=C\CCC. The summed E-state index contributed by atoms with van der Waals surface area (Å²) in [7, 11) is -4.28. The maximum Gasteiger partial charge on any atom is 0.472 e. The largest absolute Gasteiger partial charge is 0.472 e. The first kappa shape index (κ1) is 51.2. The topological polar surface area (TPSA) is 117 Å². The van der Waals surface area contributed by atoms with Crippen molar-refractivity contribution < 1.29 is 32.8 Å². The summed E-state index contributed by atoms with van der Waals surface area (Å²) in [5.41, 5.74) is 5.36. The van der Waals surface area contributed by atoms with E-state index in [1.54, 1.807) is 0 Å². The summed E-state index contributed by atoms with van der Waals surface area (Å²) in [4.78, 5) is 22.4. The Kier molecular flexibility index (Phi) is 40.0. The monoisotopic (exact) mass is 766 g/mol. The second-order valence-corrected chi connectivity index (χ2v) is 15.3. The van der Waals surface area contributed by atoms with Gasteiger partial charge in [0.05, 0.1) is 19.8 Å². The zero-order valence-electron chi connectivity index (χ0n) is 34.0. The maximum atomic E-state index is 12.5. The van der Waals surface area contributed by atoms with Crippen LogP contribution in [0.25, 0.3) is 0 Å². The number of carbonyl (C=O) groups excluding carboxylic acids is 1. The van der Waals surface area contributed by atoms with Gasteiger partial charge in [0, 0.05) is 19.6 Å². The van der Waals surface area contributed by atoms with E-state index in [-0.39, 0.29) is 32.3 Å². The van der Waals surface area contributed by atoms with Crippen LogP contribution >= 0.6 is 7.82 Å². The van der Waals surface area contributed by atoms with Crippen LogP contribution < -0.4 is 5.73 Å². The normalized spacial score (nSPS) is 14.1. The third-order valence-corrected chi connectivity index (χ3v) is 9.63. The van der Waals surface area contributed by atoms with Gasteiger partial charge in [-0.1, -0.05) is 158 Å².